The minimum absolute atomic E-state index is 0.0442. The van der Waals surface area contributed by atoms with E-state index in [0.717, 1.165) is 22.2 Å². The van der Waals surface area contributed by atoms with Crippen LogP contribution < -0.4 is 9.47 Å². The third-order valence-electron chi connectivity index (χ3n) is 6.58. The van der Waals surface area contributed by atoms with Crippen LogP contribution in [0.2, 0.25) is 0 Å². The number of hydrogen-bond donors (Lipinski definition) is 2. The van der Waals surface area contributed by atoms with E-state index in [1.807, 2.05) is 31.3 Å². The Bertz CT molecular complexity index is 1470. The largest absolute Gasteiger partial charge is 0.507 e. The second-order valence-electron chi connectivity index (χ2n) is 8.71. The SMILES string of the molecule is CCOc1ccc(C(O)=C2C(=O)C(=O)N(CCc3c[nH]c4ccc(OC)cc34)[C@@H]2c2cccnc2)cc1. The van der Waals surface area contributed by atoms with Crippen molar-refractivity contribution < 1.29 is 24.2 Å². The summed E-state index contributed by atoms with van der Waals surface area (Å²) in [5, 5.41) is 12.2. The zero-order valence-corrected chi connectivity index (χ0v) is 20.6. The fraction of sp³-hybridized carbons (Fsp3) is 0.207. The standard InChI is InChI=1S/C29H27N3O5/c1-3-37-21-8-6-18(7-9-21)27(33)25-26(20-5-4-13-30-16-20)32(29(35)28(25)34)14-12-19-17-31-24-11-10-22(36-2)15-23(19)24/h4-11,13,15-17,26,31,33H,3,12,14H2,1-2H3/t26-/m1/s1. The van der Waals surface area contributed by atoms with E-state index >= 15 is 0 Å². The Morgan fingerprint density at radius 1 is 1.11 bits per heavy atom. The van der Waals surface area contributed by atoms with Gasteiger partial charge >= 0.3 is 0 Å². The summed E-state index contributed by atoms with van der Waals surface area (Å²) >= 11 is 0. The number of Topliss-reactive ketones (excluding diaryl/α,β-unsaturated/α-hetero) is 1. The molecular formula is C29H27N3O5. The van der Waals surface area contributed by atoms with Crippen molar-refractivity contribution in [2.24, 2.45) is 0 Å². The molecule has 0 unspecified atom stereocenters. The number of likely N-dealkylation sites (tertiary alicyclic amines) is 1. The molecule has 1 aliphatic heterocycles. The highest BCUT2D eigenvalue weighted by atomic mass is 16.5. The second kappa shape index (κ2) is 10.2. The van der Waals surface area contributed by atoms with Gasteiger partial charge < -0.3 is 24.5 Å². The zero-order chi connectivity index (χ0) is 25.9. The number of carbonyl (C=O) groups excluding carboxylic acids is 2. The van der Waals surface area contributed by atoms with Crippen LogP contribution in [0.1, 0.15) is 29.7 Å². The quantitative estimate of drug-likeness (QED) is 0.209. The first kappa shape index (κ1) is 24.1. The van der Waals surface area contributed by atoms with E-state index in [4.69, 9.17) is 9.47 Å². The van der Waals surface area contributed by atoms with E-state index in [2.05, 4.69) is 9.97 Å². The maximum absolute atomic E-state index is 13.3. The lowest BCUT2D eigenvalue weighted by Crippen LogP contribution is -2.31. The number of amides is 1. The highest BCUT2D eigenvalue weighted by Gasteiger charge is 2.46. The van der Waals surface area contributed by atoms with Crippen LogP contribution in [0.25, 0.3) is 16.7 Å². The van der Waals surface area contributed by atoms with Gasteiger partial charge in [-0.05, 0) is 73.0 Å². The van der Waals surface area contributed by atoms with Crippen LogP contribution in [0.15, 0.2) is 78.8 Å². The minimum Gasteiger partial charge on any atom is -0.507 e. The molecular weight excluding hydrogens is 470 g/mol. The van der Waals surface area contributed by atoms with E-state index in [1.165, 1.54) is 4.90 Å². The minimum atomic E-state index is -0.764. The van der Waals surface area contributed by atoms with Crippen LogP contribution in [0, 0.1) is 0 Å². The Labute approximate surface area is 214 Å². The number of nitrogens with one attached hydrogen (secondary N) is 1. The number of methoxy groups -OCH3 is 1. The van der Waals surface area contributed by atoms with Gasteiger partial charge in [0, 0.05) is 41.6 Å². The first-order valence-electron chi connectivity index (χ1n) is 12.1. The second-order valence-corrected chi connectivity index (χ2v) is 8.71. The monoisotopic (exact) mass is 497 g/mol. The van der Waals surface area contributed by atoms with Crippen LogP contribution in [0.4, 0.5) is 0 Å². The molecule has 2 aromatic carbocycles. The Kier molecular flexibility index (Phi) is 6.64. The van der Waals surface area contributed by atoms with Crippen LogP contribution >= 0.6 is 0 Å². The van der Waals surface area contributed by atoms with Crippen molar-refractivity contribution in [2.75, 3.05) is 20.3 Å². The Morgan fingerprint density at radius 3 is 2.59 bits per heavy atom. The molecule has 2 N–H and O–H groups in total. The predicted molar refractivity (Wildman–Crippen MR) is 139 cm³/mol. The molecule has 3 heterocycles. The van der Waals surface area contributed by atoms with Crippen LogP contribution in [0.5, 0.6) is 11.5 Å². The van der Waals surface area contributed by atoms with E-state index < -0.39 is 17.7 Å². The van der Waals surface area contributed by atoms with Gasteiger partial charge in [-0.1, -0.05) is 6.07 Å². The number of ketones is 1. The summed E-state index contributed by atoms with van der Waals surface area (Å²) in [6.07, 6.45) is 5.65. The van der Waals surface area contributed by atoms with Crippen molar-refractivity contribution in [3.8, 4) is 11.5 Å². The van der Waals surface area contributed by atoms with Gasteiger partial charge in [0.1, 0.15) is 17.3 Å². The molecule has 1 atom stereocenters. The molecule has 0 bridgehead atoms. The summed E-state index contributed by atoms with van der Waals surface area (Å²) in [6, 6.07) is 15.3. The fourth-order valence-corrected chi connectivity index (χ4v) is 4.76. The first-order chi connectivity index (χ1) is 18.0. The van der Waals surface area contributed by atoms with Crippen molar-refractivity contribution >= 4 is 28.4 Å². The van der Waals surface area contributed by atoms with Crippen LogP contribution in [0.3, 0.4) is 0 Å². The number of aromatic amines is 1. The lowest BCUT2D eigenvalue weighted by molar-refractivity contribution is -0.139. The molecule has 37 heavy (non-hydrogen) atoms. The predicted octanol–water partition coefficient (Wildman–Crippen LogP) is 4.63. The van der Waals surface area contributed by atoms with Crippen molar-refractivity contribution in [3.05, 3.63) is 95.5 Å². The molecule has 5 rings (SSSR count). The lowest BCUT2D eigenvalue weighted by atomic mass is 9.96. The molecule has 2 aromatic heterocycles. The number of pyridine rings is 1. The zero-order valence-electron chi connectivity index (χ0n) is 20.6. The molecule has 188 valence electrons. The summed E-state index contributed by atoms with van der Waals surface area (Å²) in [5.74, 6) is -0.215. The van der Waals surface area contributed by atoms with Gasteiger partial charge in [-0.15, -0.1) is 0 Å². The van der Waals surface area contributed by atoms with Gasteiger partial charge in [0.15, 0.2) is 0 Å². The average molecular weight is 498 g/mol. The van der Waals surface area contributed by atoms with Crippen LogP contribution in [-0.2, 0) is 16.0 Å². The molecule has 0 aliphatic carbocycles. The van der Waals surface area contributed by atoms with Gasteiger partial charge in [-0.3, -0.25) is 14.6 Å². The maximum atomic E-state index is 13.3. The van der Waals surface area contributed by atoms with Gasteiger partial charge in [-0.25, -0.2) is 0 Å². The number of aliphatic hydroxyl groups is 1. The Balaban J connectivity index is 1.51. The lowest BCUT2D eigenvalue weighted by Gasteiger charge is -2.25. The highest BCUT2D eigenvalue weighted by Crippen LogP contribution is 2.39. The van der Waals surface area contributed by atoms with Crippen LogP contribution in [-0.4, -0.2) is 51.9 Å². The number of rotatable bonds is 8. The topological polar surface area (TPSA) is 105 Å². The van der Waals surface area contributed by atoms with Crippen molar-refractivity contribution in [1.82, 2.24) is 14.9 Å². The van der Waals surface area contributed by atoms with Crippen molar-refractivity contribution in [1.29, 1.82) is 0 Å². The highest BCUT2D eigenvalue weighted by molar-refractivity contribution is 6.46. The van der Waals surface area contributed by atoms with Gasteiger partial charge in [-0.2, -0.15) is 0 Å². The molecule has 0 radical (unpaired) electrons. The Hall–Kier alpha value is -4.59. The van der Waals surface area contributed by atoms with Gasteiger partial charge in [0.2, 0.25) is 0 Å². The number of H-pyrrole nitrogens is 1. The average Bonchev–Trinajstić information content (AvgIpc) is 3.45. The number of aliphatic hydroxyl groups excluding tert-OH is 1. The molecule has 1 aliphatic rings. The maximum Gasteiger partial charge on any atom is 0.295 e. The molecule has 8 heteroatoms. The van der Waals surface area contributed by atoms with Crippen molar-refractivity contribution in [2.45, 2.75) is 19.4 Å². The molecule has 1 saturated heterocycles. The molecule has 1 amide bonds. The number of benzene rings is 2. The van der Waals surface area contributed by atoms with Gasteiger partial charge in [0.05, 0.1) is 25.3 Å². The van der Waals surface area contributed by atoms with E-state index in [0.29, 0.717) is 29.9 Å². The first-order valence-corrected chi connectivity index (χ1v) is 12.1. The number of nitrogens with zero attached hydrogens (tertiary/aromatic N) is 2. The molecule has 0 saturated carbocycles. The molecule has 8 nitrogen and oxygen atoms in total. The number of ether oxygens (including phenoxy) is 2. The third-order valence-corrected chi connectivity index (χ3v) is 6.58. The summed E-state index contributed by atoms with van der Waals surface area (Å²) in [5.41, 5.74) is 3.07. The third kappa shape index (κ3) is 4.53. The molecule has 0 spiro atoms. The summed E-state index contributed by atoms with van der Waals surface area (Å²) < 4.78 is 10.8. The van der Waals surface area contributed by atoms with E-state index in [1.54, 1.807) is 55.9 Å². The number of hydrogen-bond acceptors (Lipinski definition) is 6. The number of aromatic nitrogens is 2. The molecule has 1 fully saturated rings. The summed E-state index contributed by atoms with van der Waals surface area (Å²) in [4.78, 5) is 35.5. The Morgan fingerprint density at radius 2 is 1.89 bits per heavy atom. The summed E-state index contributed by atoms with van der Waals surface area (Å²) in [7, 11) is 1.62. The number of carbonyl (C=O) groups is 2. The normalized spacial score (nSPS) is 16.9. The van der Waals surface area contributed by atoms with Gasteiger partial charge in [0.25, 0.3) is 11.7 Å². The number of fused-ring (bicyclic) bond motifs is 1. The fourth-order valence-electron chi connectivity index (χ4n) is 4.76. The van der Waals surface area contributed by atoms with Crippen molar-refractivity contribution in [3.63, 3.8) is 0 Å². The van der Waals surface area contributed by atoms with E-state index in [-0.39, 0.29) is 17.9 Å². The molecule has 4 aromatic rings. The van der Waals surface area contributed by atoms with E-state index in [9.17, 15) is 14.7 Å². The summed E-state index contributed by atoms with van der Waals surface area (Å²) in [6.45, 7) is 2.67. The smallest absolute Gasteiger partial charge is 0.295 e.